The summed E-state index contributed by atoms with van der Waals surface area (Å²) in [6, 6.07) is 59.4. The maximum Gasteiger partial charge on any atom is 0.0865 e. The summed E-state index contributed by atoms with van der Waals surface area (Å²) in [7, 11) is 0. The van der Waals surface area contributed by atoms with Crippen LogP contribution in [0, 0.1) is 0 Å². The van der Waals surface area contributed by atoms with Crippen molar-refractivity contribution in [3.63, 3.8) is 0 Å². The van der Waals surface area contributed by atoms with Crippen LogP contribution in [0.1, 0.15) is 88.8 Å². The lowest BCUT2D eigenvalue weighted by atomic mass is 9.93. The van der Waals surface area contributed by atoms with Gasteiger partial charge in [-0.05, 0) is 171 Å². The third-order valence-corrected chi connectivity index (χ3v) is 15.2. The van der Waals surface area contributed by atoms with Crippen LogP contribution in [0.5, 0.6) is 0 Å². The highest BCUT2D eigenvalue weighted by Crippen LogP contribution is 2.40. The molecule has 1 fully saturated rings. The van der Waals surface area contributed by atoms with E-state index in [9.17, 15) is 0 Å². The second-order valence-corrected chi connectivity index (χ2v) is 19.2. The molecule has 10 aromatic rings. The van der Waals surface area contributed by atoms with Gasteiger partial charge >= 0.3 is 0 Å². The molecule has 3 atom stereocenters. The van der Waals surface area contributed by atoms with Gasteiger partial charge in [-0.15, -0.1) is 0 Å². The molecule has 0 spiro atoms. The maximum atomic E-state index is 3.99. The van der Waals surface area contributed by atoms with Gasteiger partial charge in [0.05, 0.1) is 35.0 Å². The molecule has 5 heteroatoms. The number of hydrogen-bond donors (Lipinski definition) is 3. The van der Waals surface area contributed by atoms with Crippen molar-refractivity contribution < 1.29 is 0 Å². The molecule has 3 aliphatic carbocycles. The summed E-state index contributed by atoms with van der Waals surface area (Å²) in [6.07, 6.45) is 22.3. The van der Waals surface area contributed by atoms with Gasteiger partial charge in [0.1, 0.15) is 0 Å². The molecule has 0 radical (unpaired) electrons. The molecule has 0 bridgehead atoms. The predicted molar refractivity (Wildman–Crippen MR) is 284 cm³/mol. The highest BCUT2D eigenvalue weighted by atomic mass is 15.4. The Labute approximate surface area is 396 Å². The first-order valence-electron chi connectivity index (χ1n) is 24.5. The minimum absolute atomic E-state index is 0.0894. The van der Waals surface area contributed by atoms with Crippen LogP contribution in [0.2, 0.25) is 0 Å². The Balaban J connectivity index is 0.858. The van der Waals surface area contributed by atoms with Crippen molar-refractivity contribution in [3.05, 3.63) is 233 Å². The second-order valence-electron chi connectivity index (χ2n) is 19.2. The third-order valence-electron chi connectivity index (χ3n) is 15.2. The van der Waals surface area contributed by atoms with Crippen molar-refractivity contribution in [1.29, 1.82) is 0 Å². The molecule has 1 saturated heterocycles. The number of nitrogens with zero attached hydrogens (tertiary/aromatic N) is 2. The number of fused-ring (bicyclic) bond motifs is 9. The first-order chi connectivity index (χ1) is 33.7. The lowest BCUT2D eigenvalue weighted by Crippen LogP contribution is -2.54. The zero-order chi connectivity index (χ0) is 44.7. The van der Waals surface area contributed by atoms with E-state index in [1.165, 1.54) is 110 Å². The van der Waals surface area contributed by atoms with Crippen molar-refractivity contribution in [3.8, 4) is 11.4 Å². The van der Waals surface area contributed by atoms with E-state index in [0.717, 1.165) is 44.2 Å². The highest BCUT2D eigenvalue weighted by Gasteiger charge is 2.30. The quantitative estimate of drug-likeness (QED) is 0.156. The van der Waals surface area contributed by atoms with Crippen LogP contribution >= 0.6 is 0 Å². The minimum Gasteiger partial charge on any atom is -0.310 e. The van der Waals surface area contributed by atoms with Crippen LogP contribution in [0.3, 0.4) is 0 Å². The van der Waals surface area contributed by atoms with Crippen LogP contribution < -0.4 is 16.0 Å². The monoisotopic (exact) mass is 877 g/mol. The number of hydrogen-bond acceptors (Lipinski definition) is 3. The molecule has 0 saturated carbocycles. The van der Waals surface area contributed by atoms with Crippen molar-refractivity contribution >= 4 is 72.0 Å². The van der Waals surface area contributed by atoms with Gasteiger partial charge in [-0.2, -0.15) is 0 Å². The van der Waals surface area contributed by atoms with Crippen molar-refractivity contribution in [1.82, 2.24) is 25.1 Å². The van der Waals surface area contributed by atoms with Crippen molar-refractivity contribution in [2.24, 2.45) is 0 Å². The molecule has 328 valence electrons. The summed E-state index contributed by atoms with van der Waals surface area (Å²) in [5, 5.41) is 20.8. The molecule has 3 N–H and O–H groups in total. The predicted octanol–water partition coefficient (Wildman–Crippen LogP) is 14.9. The summed E-state index contributed by atoms with van der Waals surface area (Å²) >= 11 is 0. The average Bonchev–Trinajstić information content (AvgIpc) is 3.91. The normalized spacial score (nSPS) is 19.0. The van der Waals surface area contributed by atoms with Crippen molar-refractivity contribution in [2.45, 2.75) is 57.0 Å². The van der Waals surface area contributed by atoms with E-state index in [1.54, 1.807) is 0 Å². The van der Waals surface area contributed by atoms with Gasteiger partial charge in [-0.25, -0.2) is 0 Å². The minimum atomic E-state index is -0.136. The molecule has 14 rings (SSSR count). The first-order valence-corrected chi connectivity index (χ1v) is 24.5. The molecule has 3 heterocycles. The Hall–Kier alpha value is -7.54. The first kappa shape index (κ1) is 39.6. The van der Waals surface area contributed by atoms with Crippen LogP contribution in [-0.2, 0) is 12.8 Å². The Morgan fingerprint density at radius 1 is 0.426 bits per heavy atom. The molecule has 5 nitrogen and oxygen atoms in total. The van der Waals surface area contributed by atoms with E-state index < -0.39 is 0 Å². The molecule has 2 aromatic heterocycles. The standard InChI is InChI=1S/C63H51N5/c1-2-13-40(14-3-1)42-25-28-43(29-26-42)61-64-62(66-63(65-61)49-30-27-41-15-4-5-16-44(41)33-49)48-19-12-20-51(34-48)67-57-23-10-9-22-54(57)56-37-50-35-52(32-31-47(50)39-60(56)67)68-58-24-11-8-21-53(58)55-36-45-17-6-7-18-46(45)38-59(55)68/h1-2,4-5,7,9-13,15-16,18-20,22-39,61-66H,3,6,8,14,17,21H2. The molecule has 3 unspecified atom stereocenters. The molecular formula is C63H51N5. The van der Waals surface area contributed by atoms with Crippen molar-refractivity contribution in [2.75, 3.05) is 0 Å². The summed E-state index contributed by atoms with van der Waals surface area (Å²) in [6.45, 7) is 0. The van der Waals surface area contributed by atoms with Gasteiger partial charge in [-0.3, -0.25) is 16.0 Å². The van der Waals surface area contributed by atoms with E-state index in [4.69, 9.17) is 0 Å². The summed E-state index contributed by atoms with van der Waals surface area (Å²) in [5.41, 5.74) is 18.0. The molecule has 1 aliphatic heterocycles. The number of para-hydroxylation sites is 1. The summed E-state index contributed by atoms with van der Waals surface area (Å²) in [4.78, 5) is 0. The number of allylic oxidation sites excluding steroid dienone is 6. The van der Waals surface area contributed by atoms with Crippen LogP contribution in [0.25, 0.3) is 83.4 Å². The Morgan fingerprint density at radius 2 is 1.15 bits per heavy atom. The Morgan fingerprint density at radius 3 is 2.03 bits per heavy atom. The van der Waals surface area contributed by atoms with E-state index in [-0.39, 0.29) is 18.5 Å². The highest BCUT2D eigenvalue weighted by molar-refractivity contribution is 6.14. The molecule has 8 aromatic carbocycles. The third kappa shape index (κ3) is 6.64. The Kier molecular flexibility index (Phi) is 9.36. The molecule has 0 amide bonds. The van der Waals surface area contributed by atoms with E-state index in [1.807, 2.05) is 0 Å². The van der Waals surface area contributed by atoms with Crippen LogP contribution in [-0.4, -0.2) is 9.13 Å². The van der Waals surface area contributed by atoms with E-state index in [0.29, 0.717) is 0 Å². The summed E-state index contributed by atoms with van der Waals surface area (Å²) < 4.78 is 4.98. The van der Waals surface area contributed by atoms with Crippen LogP contribution in [0.4, 0.5) is 0 Å². The van der Waals surface area contributed by atoms with Gasteiger partial charge in [0.25, 0.3) is 0 Å². The SMILES string of the molecule is C1=CCCC(c2ccc(C3NC(c4cccc(-n5c6ccccc6c6cc7cc(-n8c9c(c%10cc%11c(cc%108)C=CCC%11)CCC=C9)ccc7cc65)c4)NC(c4ccc5ccccc5c4)N3)cc2)=C1. The fourth-order valence-electron chi connectivity index (χ4n) is 11.7. The topological polar surface area (TPSA) is 46.0 Å². The lowest BCUT2D eigenvalue weighted by molar-refractivity contribution is 0.203. The van der Waals surface area contributed by atoms with E-state index >= 15 is 0 Å². The maximum absolute atomic E-state index is 3.99. The van der Waals surface area contributed by atoms with Gasteiger partial charge in [0.15, 0.2) is 0 Å². The largest absolute Gasteiger partial charge is 0.310 e. The van der Waals surface area contributed by atoms with E-state index in [2.05, 4.69) is 225 Å². The fourth-order valence-corrected chi connectivity index (χ4v) is 11.7. The zero-order valence-electron chi connectivity index (χ0n) is 37.9. The number of aryl methyl sites for hydroxylation is 2. The number of nitrogens with one attached hydrogen (secondary N) is 3. The van der Waals surface area contributed by atoms with Gasteiger partial charge in [0.2, 0.25) is 0 Å². The zero-order valence-corrected chi connectivity index (χ0v) is 37.9. The van der Waals surface area contributed by atoms with Gasteiger partial charge in [0, 0.05) is 33.2 Å². The molecular weight excluding hydrogens is 827 g/mol. The van der Waals surface area contributed by atoms with Gasteiger partial charge in [-0.1, -0.05) is 134 Å². The summed E-state index contributed by atoms with van der Waals surface area (Å²) in [5.74, 6) is 0. The lowest BCUT2D eigenvalue weighted by Gasteiger charge is -2.40. The van der Waals surface area contributed by atoms with Gasteiger partial charge < -0.3 is 9.13 Å². The number of rotatable bonds is 6. The number of benzene rings is 8. The average molecular weight is 878 g/mol. The fraction of sp³-hybridized carbons (Fsp3) is 0.143. The second kappa shape index (κ2) is 16.1. The molecule has 4 aliphatic rings. The smallest absolute Gasteiger partial charge is 0.0865 e. The molecule has 68 heavy (non-hydrogen) atoms. The number of aromatic nitrogens is 2. The van der Waals surface area contributed by atoms with Crippen LogP contribution in [0.15, 0.2) is 188 Å². The Bertz CT molecular complexity index is 3800.